The Kier molecular flexibility index (Phi) is 13.3. The third-order valence-electron chi connectivity index (χ3n) is 3.35. The van der Waals surface area contributed by atoms with Gasteiger partial charge in [0.15, 0.2) is 0 Å². The van der Waals surface area contributed by atoms with Gasteiger partial charge in [0.1, 0.15) is 0 Å². The van der Waals surface area contributed by atoms with Gasteiger partial charge in [-0.3, -0.25) is 9.69 Å². The molecule has 0 unspecified atom stereocenters. The van der Waals surface area contributed by atoms with Gasteiger partial charge in [-0.2, -0.15) is 0 Å². The summed E-state index contributed by atoms with van der Waals surface area (Å²) in [5, 5.41) is 7.99. The molecule has 0 bridgehead atoms. The van der Waals surface area contributed by atoms with E-state index in [4.69, 9.17) is 4.74 Å². The first kappa shape index (κ1) is 24.8. The number of halogens is 2. The number of nitrogens with one attached hydrogen (secondary N) is 2. The summed E-state index contributed by atoms with van der Waals surface area (Å²) < 4.78 is 4.93. The second-order valence-electron chi connectivity index (χ2n) is 5.57. The third-order valence-corrected chi connectivity index (χ3v) is 3.98. The summed E-state index contributed by atoms with van der Waals surface area (Å²) >= 11 is 1.61. The summed E-state index contributed by atoms with van der Waals surface area (Å²) in [7, 11) is 3.70. The largest absolute Gasteiger partial charge is 0.383 e. The molecule has 0 aliphatic carbocycles. The fourth-order valence-corrected chi connectivity index (χ4v) is 2.84. The van der Waals surface area contributed by atoms with Crippen LogP contribution in [0.5, 0.6) is 0 Å². The number of hydrogen-bond donors (Lipinski definition) is 2. The van der Waals surface area contributed by atoms with Crippen molar-refractivity contribution in [3.63, 3.8) is 0 Å². The Balaban J connectivity index is 0.00000312. The van der Waals surface area contributed by atoms with Crippen molar-refractivity contribution in [3.8, 4) is 0 Å². The number of rotatable bonds is 10. The predicted octanol–water partition coefficient (Wildman–Crippen LogP) is 2.79. The molecule has 0 atom stereocenters. The number of amides is 1. The van der Waals surface area contributed by atoms with Gasteiger partial charge in [0.2, 0.25) is 5.91 Å². The Hall–Kier alpha value is -1.22. The van der Waals surface area contributed by atoms with Crippen LogP contribution >= 0.6 is 36.2 Å². The highest BCUT2D eigenvalue weighted by atomic mass is 35.5. The maximum absolute atomic E-state index is 11.9. The maximum atomic E-state index is 11.9. The van der Waals surface area contributed by atoms with Gasteiger partial charge < -0.3 is 15.4 Å². The van der Waals surface area contributed by atoms with E-state index in [9.17, 15) is 4.79 Å². The first-order valence-electron chi connectivity index (χ1n) is 7.81. The number of carbonyl (C=O) groups is 1. The summed E-state index contributed by atoms with van der Waals surface area (Å²) in [6.07, 6.45) is 0. The summed E-state index contributed by atoms with van der Waals surface area (Å²) in [6, 6.07) is 7.92. The predicted molar refractivity (Wildman–Crippen MR) is 112 cm³/mol. The first-order chi connectivity index (χ1) is 11.7. The molecule has 9 heteroatoms. The van der Waals surface area contributed by atoms with Gasteiger partial charge in [-0.15, -0.1) is 36.2 Å². The molecule has 1 aromatic heterocycles. The second kappa shape index (κ2) is 13.9. The molecule has 0 aliphatic heterocycles. The molecule has 0 aliphatic rings. The SMILES string of the molecule is COCCNCC(=O)Nc1cccc(CN(C)Cc2cscn2)c1.Cl.Cl. The Labute approximate surface area is 171 Å². The molecule has 0 fully saturated rings. The number of nitrogens with zero attached hydrogens (tertiary/aromatic N) is 2. The highest BCUT2D eigenvalue weighted by Gasteiger charge is 2.06. The van der Waals surface area contributed by atoms with E-state index in [1.54, 1.807) is 18.4 Å². The smallest absolute Gasteiger partial charge is 0.238 e. The van der Waals surface area contributed by atoms with E-state index in [0.29, 0.717) is 13.2 Å². The van der Waals surface area contributed by atoms with Gasteiger partial charge in [0, 0.05) is 37.8 Å². The number of aromatic nitrogens is 1. The van der Waals surface area contributed by atoms with E-state index in [0.717, 1.165) is 30.0 Å². The van der Waals surface area contributed by atoms with Crippen molar-refractivity contribution in [1.29, 1.82) is 0 Å². The quantitative estimate of drug-likeness (QED) is 0.578. The zero-order valence-corrected chi connectivity index (χ0v) is 17.4. The second-order valence-corrected chi connectivity index (χ2v) is 6.29. The molecule has 0 saturated heterocycles. The molecule has 146 valence electrons. The maximum Gasteiger partial charge on any atom is 0.238 e. The van der Waals surface area contributed by atoms with E-state index in [1.165, 1.54) is 0 Å². The topological polar surface area (TPSA) is 66.5 Å². The number of carbonyl (C=O) groups excluding carboxylic acids is 1. The first-order valence-corrected chi connectivity index (χ1v) is 8.75. The molecule has 1 heterocycles. The number of anilines is 1. The summed E-state index contributed by atoms with van der Waals surface area (Å²) in [4.78, 5) is 18.4. The number of hydrogen-bond acceptors (Lipinski definition) is 6. The van der Waals surface area contributed by atoms with Gasteiger partial charge in [-0.1, -0.05) is 12.1 Å². The van der Waals surface area contributed by atoms with E-state index in [2.05, 4.69) is 39.0 Å². The molecule has 1 aromatic carbocycles. The summed E-state index contributed by atoms with van der Waals surface area (Å²) in [5.41, 5.74) is 4.89. The Bertz CT molecular complexity index is 629. The minimum atomic E-state index is -0.0564. The molecule has 2 N–H and O–H groups in total. The lowest BCUT2D eigenvalue weighted by atomic mass is 10.2. The van der Waals surface area contributed by atoms with Gasteiger partial charge in [0.25, 0.3) is 0 Å². The van der Waals surface area contributed by atoms with Gasteiger partial charge in [0.05, 0.1) is 24.4 Å². The molecule has 0 radical (unpaired) electrons. The van der Waals surface area contributed by atoms with Crippen LogP contribution < -0.4 is 10.6 Å². The van der Waals surface area contributed by atoms with Crippen molar-refractivity contribution in [2.24, 2.45) is 0 Å². The van der Waals surface area contributed by atoms with Crippen LogP contribution in [0.4, 0.5) is 5.69 Å². The Morgan fingerprint density at radius 2 is 2.12 bits per heavy atom. The van der Waals surface area contributed by atoms with Crippen molar-refractivity contribution in [1.82, 2.24) is 15.2 Å². The van der Waals surface area contributed by atoms with Crippen molar-refractivity contribution < 1.29 is 9.53 Å². The molecule has 2 rings (SSSR count). The van der Waals surface area contributed by atoms with Crippen molar-refractivity contribution in [3.05, 3.63) is 46.4 Å². The molecule has 0 spiro atoms. The van der Waals surface area contributed by atoms with E-state index < -0.39 is 0 Å². The minimum absolute atomic E-state index is 0. The summed E-state index contributed by atoms with van der Waals surface area (Å²) in [6.45, 7) is 3.13. The lowest BCUT2D eigenvalue weighted by molar-refractivity contribution is -0.115. The van der Waals surface area contributed by atoms with Crippen LogP contribution in [0, 0.1) is 0 Å². The molecule has 6 nitrogen and oxygen atoms in total. The highest BCUT2D eigenvalue weighted by molar-refractivity contribution is 7.07. The normalized spacial score (nSPS) is 10.1. The van der Waals surface area contributed by atoms with Gasteiger partial charge in [-0.25, -0.2) is 4.98 Å². The highest BCUT2D eigenvalue weighted by Crippen LogP contribution is 2.13. The van der Waals surface area contributed by atoms with Gasteiger partial charge in [-0.05, 0) is 24.7 Å². The Morgan fingerprint density at radius 1 is 1.31 bits per heavy atom. The molecule has 1 amide bonds. The molecular formula is C17H26Cl2N4O2S. The fourth-order valence-electron chi connectivity index (χ4n) is 2.29. The zero-order valence-electron chi connectivity index (χ0n) is 14.9. The van der Waals surface area contributed by atoms with Crippen molar-refractivity contribution >= 4 is 47.7 Å². The molecule has 26 heavy (non-hydrogen) atoms. The van der Waals surface area contributed by atoms with E-state index >= 15 is 0 Å². The van der Waals surface area contributed by atoms with E-state index in [-0.39, 0.29) is 37.3 Å². The molecular weight excluding hydrogens is 395 g/mol. The standard InChI is InChI=1S/C17H24N4O2S.2ClH/c1-21(11-16-12-24-13-19-16)10-14-4-3-5-15(8-14)20-17(22)9-18-6-7-23-2;;/h3-5,8,12-13,18H,6-7,9-11H2,1-2H3,(H,20,22);2*1H. The molecule has 2 aromatic rings. The number of benzene rings is 1. The van der Waals surface area contributed by atoms with Crippen molar-refractivity contribution in [2.75, 3.05) is 39.2 Å². The van der Waals surface area contributed by atoms with Crippen molar-refractivity contribution in [2.45, 2.75) is 13.1 Å². The number of methoxy groups -OCH3 is 1. The Morgan fingerprint density at radius 3 is 2.81 bits per heavy atom. The monoisotopic (exact) mass is 420 g/mol. The van der Waals surface area contributed by atoms with Crippen LogP contribution in [-0.2, 0) is 22.6 Å². The fraction of sp³-hybridized carbons (Fsp3) is 0.412. The van der Waals surface area contributed by atoms with Crippen LogP contribution in [0.2, 0.25) is 0 Å². The van der Waals surface area contributed by atoms with E-state index in [1.807, 2.05) is 23.7 Å². The average Bonchev–Trinajstić information content (AvgIpc) is 3.04. The number of ether oxygens (including phenoxy) is 1. The average molecular weight is 421 g/mol. The van der Waals surface area contributed by atoms with Crippen LogP contribution in [0.1, 0.15) is 11.3 Å². The number of thiazole rings is 1. The van der Waals surface area contributed by atoms with Crippen LogP contribution in [0.25, 0.3) is 0 Å². The van der Waals surface area contributed by atoms with Gasteiger partial charge >= 0.3 is 0 Å². The van der Waals surface area contributed by atoms with Crippen LogP contribution in [0.3, 0.4) is 0 Å². The lowest BCUT2D eigenvalue weighted by Gasteiger charge is -2.16. The van der Waals surface area contributed by atoms with Crippen LogP contribution in [-0.4, -0.2) is 49.6 Å². The third kappa shape index (κ3) is 9.47. The molecule has 0 saturated carbocycles. The minimum Gasteiger partial charge on any atom is -0.383 e. The zero-order chi connectivity index (χ0) is 17.2. The summed E-state index contributed by atoms with van der Waals surface area (Å²) in [5.74, 6) is -0.0564. The lowest BCUT2D eigenvalue weighted by Crippen LogP contribution is -2.30. The van der Waals surface area contributed by atoms with Crippen LogP contribution in [0.15, 0.2) is 35.2 Å².